The smallest absolute Gasteiger partial charge is 0.271 e. The molecule has 0 saturated carbocycles. The molecule has 0 radical (unpaired) electrons. The van der Waals surface area contributed by atoms with Crippen LogP contribution in [0, 0.1) is 5.82 Å². The molecule has 2 aromatic carbocycles. The fourth-order valence-corrected chi connectivity index (χ4v) is 3.23. The average Bonchev–Trinajstić information content (AvgIpc) is 3.24. The van der Waals surface area contributed by atoms with Crippen molar-refractivity contribution >= 4 is 5.91 Å². The van der Waals surface area contributed by atoms with Crippen LogP contribution in [0.5, 0.6) is 0 Å². The Balaban J connectivity index is 1.51. The zero-order valence-electron chi connectivity index (χ0n) is 16.3. The molecule has 30 heavy (non-hydrogen) atoms. The molecule has 2 aromatic heterocycles. The summed E-state index contributed by atoms with van der Waals surface area (Å²) in [6.45, 7) is 0.557. The first-order chi connectivity index (χ1) is 14.7. The molecule has 0 saturated heterocycles. The Bertz CT molecular complexity index is 1110. The summed E-state index contributed by atoms with van der Waals surface area (Å²) in [6.07, 6.45) is 5.10. The summed E-state index contributed by atoms with van der Waals surface area (Å²) in [5.41, 5.74) is 3.83. The van der Waals surface area contributed by atoms with Gasteiger partial charge in [-0.05, 0) is 60.9 Å². The number of aromatic nitrogens is 3. The highest BCUT2D eigenvalue weighted by Gasteiger charge is 2.16. The number of pyridine rings is 1. The number of rotatable bonds is 7. The molecule has 150 valence electrons. The van der Waals surface area contributed by atoms with Crippen molar-refractivity contribution in [2.75, 3.05) is 6.54 Å². The number of aryl methyl sites for hydroxylation is 1. The van der Waals surface area contributed by atoms with E-state index in [-0.39, 0.29) is 11.7 Å². The molecular weight excluding hydrogens is 379 g/mol. The van der Waals surface area contributed by atoms with Crippen LogP contribution >= 0.6 is 0 Å². The molecule has 0 atom stereocenters. The van der Waals surface area contributed by atoms with Crippen LogP contribution in [0.2, 0.25) is 0 Å². The van der Waals surface area contributed by atoms with Gasteiger partial charge in [-0.15, -0.1) is 0 Å². The molecule has 2 heterocycles. The number of hydrogen-bond acceptors (Lipinski definition) is 3. The van der Waals surface area contributed by atoms with Crippen LogP contribution in [0.3, 0.4) is 0 Å². The first kappa shape index (κ1) is 19.5. The van der Waals surface area contributed by atoms with Crippen molar-refractivity contribution in [2.45, 2.75) is 12.8 Å². The van der Waals surface area contributed by atoms with Crippen molar-refractivity contribution in [3.05, 3.63) is 102 Å². The summed E-state index contributed by atoms with van der Waals surface area (Å²) >= 11 is 0. The van der Waals surface area contributed by atoms with Gasteiger partial charge in [-0.2, -0.15) is 5.10 Å². The molecule has 6 heteroatoms. The maximum absolute atomic E-state index is 13.4. The van der Waals surface area contributed by atoms with E-state index in [9.17, 15) is 9.18 Å². The highest BCUT2D eigenvalue weighted by atomic mass is 19.1. The zero-order chi connectivity index (χ0) is 20.8. The molecular formula is C24H21FN4O. The summed E-state index contributed by atoms with van der Waals surface area (Å²) in [5.74, 6) is -0.563. The van der Waals surface area contributed by atoms with Crippen molar-refractivity contribution in [3.8, 4) is 16.9 Å². The SMILES string of the molecule is O=C(NCCCc1ccccc1)c1cc(-c2ccncc2)n(-c2ccc(F)cc2)n1. The second-order valence-electron chi connectivity index (χ2n) is 6.88. The van der Waals surface area contributed by atoms with Gasteiger partial charge in [0.25, 0.3) is 5.91 Å². The molecule has 5 nitrogen and oxygen atoms in total. The Morgan fingerprint density at radius 2 is 1.70 bits per heavy atom. The molecule has 1 N–H and O–H groups in total. The van der Waals surface area contributed by atoms with Crippen LogP contribution in [-0.2, 0) is 6.42 Å². The number of nitrogens with one attached hydrogen (secondary N) is 1. The number of carbonyl (C=O) groups is 1. The minimum absolute atomic E-state index is 0.237. The molecule has 0 aliphatic carbocycles. The Morgan fingerprint density at radius 1 is 0.967 bits per heavy atom. The van der Waals surface area contributed by atoms with E-state index in [0.717, 1.165) is 24.1 Å². The number of carbonyl (C=O) groups excluding carboxylic acids is 1. The molecule has 0 aliphatic rings. The lowest BCUT2D eigenvalue weighted by Crippen LogP contribution is -2.25. The minimum Gasteiger partial charge on any atom is -0.351 e. The van der Waals surface area contributed by atoms with E-state index in [1.807, 2.05) is 30.3 Å². The van der Waals surface area contributed by atoms with E-state index < -0.39 is 0 Å². The van der Waals surface area contributed by atoms with Gasteiger partial charge in [-0.3, -0.25) is 9.78 Å². The van der Waals surface area contributed by atoms with Gasteiger partial charge >= 0.3 is 0 Å². The van der Waals surface area contributed by atoms with Gasteiger partial charge in [-0.1, -0.05) is 30.3 Å². The van der Waals surface area contributed by atoms with Crippen LogP contribution < -0.4 is 5.32 Å². The lowest BCUT2D eigenvalue weighted by molar-refractivity contribution is 0.0948. The van der Waals surface area contributed by atoms with Crippen LogP contribution in [0.4, 0.5) is 4.39 Å². The Hall–Kier alpha value is -3.80. The number of halogens is 1. The second kappa shape index (κ2) is 9.13. The predicted molar refractivity (Wildman–Crippen MR) is 114 cm³/mol. The number of benzene rings is 2. The van der Waals surface area contributed by atoms with Gasteiger partial charge in [0, 0.05) is 24.5 Å². The largest absolute Gasteiger partial charge is 0.351 e. The van der Waals surface area contributed by atoms with Crippen molar-refractivity contribution in [2.24, 2.45) is 0 Å². The third-order valence-corrected chi connectivity index (χ3v) is 4.76. The molecule has 0 aliphatic heterocycles. The molecule has 1 amide bonds. The van der Waals surface area contributed by atoms with Gasteiger partial charge in [0.15, 0.2) is 5.69 Å². The summed E-state index contributed by atoms with van der Waals surface area (Å²) in [5, 5.41) is 7.42. The molecule has 0 bridgehead atoms. The summed E-state index contributed by atoms with van der Waals surface area (Å²) in [4.78, 5) is 16.7. The van der Waals surface area contributed by atoms with Gasteiger partial charge < -0.3 is 5.32 Å². The van der Waals surface area contributed by atoms with Gasteiger partial charge in [0.1, 0.15) is 5.82 Å². The van der Waals surface area contributed by atoms with Crippen molar-refractivity contribution in [1.29, 1.82) is 0 Å². The quantitative estimate of drug-likeness (QED) is 0.467. The summed E-state index contributed by atoms with van der Waals surface area (Å²) in [7, 11) is 0. The third kappa shape index (κ3) is 4.60. The number of hydrogen-bond donors (Lipinski definition) is 1. The highest BCUT2D eigenvalue weighted by Crippen LogP contribution is 2.23. The zero-order valence-corrected chi connectivity index (χ0v) is 16.3. The highest BCUT2D eigenvalue weighted by molar-refractivity contribution is 5.93. The molecule has 0 fully saturated rings. The molecule has 0 spiro atoms. The Kier molecular flexibility index (Phi) is 5.94. The minimum atomic E-state index is -0.326. The average molecular weight is 400 g/mol. The topological polar surface area (TPSA) is 59.8 Å². The van der Waals surface area contributed by atoms with E-state index in [1.54, 1.807) is 35.3 Å². The summed E-state index contributed by atoms with van der Waals surface area (Å²) < 4.78 is 15.0. The van der Waals surface area contributed by atoms with Crippen LogP contribution in [0.25, 0.3) is 16.9 Å². The monoisotopic (exact) mass is 400 g/mol. The van der Waals surface area contributed by atoms with Crippen LogP contribution in [0.1, 0.15) is 22.5 Å². The number of amides is 1. The lowest BCUT2D eigenvalue weighted by Gasteiger charge is -2.07. The van der Waals surface area contributed by atoms with Crippen molar-refractivity contribution < 1.29 is 9.18 Å². The Labute approximate surface area is 174 Å². The first-order valence-electron chi connectivity index (χ1n) is 9.79. The van der Waals surface area contributed by atoms with Crippen LogP contribution in [0.15, 0.2) is 85.2 Å². The van der Waals surface area contributed by atoms with E-state index >= 15 is 0 Å². The predicted octanol–water partition coefficient (Wildman–Crippen LogP) is 4.44. The Morgan fingerprint density at radius 3 is 2.43 bits per heavy atom. The van der Waals surface area contributed by atoms with Crippen molar-refractivity contribution in [3.63, 3.8) is 0 Å². The van der Waals surface area contributed by atoms with Gasteiger partial charge in [-0.25, -0.2) is 9.07 Å². The lowest BCUT2D eigenvalue weighted by atomic mass is 10.1. The van der Waals surface area contributed by atoms with E-state index in [1.165, 1.54) is 17.7 Å². The maximum Gasteiger partial charge on any atom is 0.271 e. The maximum atomic E-state index is 13.4. The second-order valence-corrected chi connectivity index (χ2v) is 6.88. The van der Waals surface area contributed by atoms with Crippen molar-refractivity contribution in [1.82, 2.24) is 20.1 Å². The fourth-order valence-electron chi connectivity index (χ4n) is 3.23. The number of nitrogens with zero attached hydrogens (tertiary/aromatic N) is 3. The standard InChI is InChI=1S/C24H21FN4O/c25-20-8-10-21(11-9-20)29-23(19-12-15-26-16-13-19)17-22(28-29)24(30)27-14-4-7-18-5-2-1-3-6-18/h1-3,5-6,8-13,15-17H,4,7,14H2,(H,27,30). The molecule has 0 unspecified atom stereocenters. The third-order valence-electron chi connectivity index (χ3n) is 4.76. The van der Waals surface area contributed by atoms with E-state index in [2.05, 4.69) is 27.5 Å². The fraction of sp³-hybridized carbons (Fsp3) is 0.125. The van der Waals surface area contributed by atoms with E-state index in [4.69, 9.17) is 0 Å². The van der Waals surface area contributed by atoms with Crippen LogP contribution in [-0.4, -0.2) is 27.2 Å². The van der Waals surface area contributed by atoms with Gasteiger partial charge in [0.05, 0.1) is 11.4 Å². The van der Waals surface area contributed by atoms with E-state index in [0.29, 0.717) is 17.9 Å². The molecule has 4 aromatic rings. The molecule has 4 rings (SSSR count). The summed E-state index contributed by atoms with van der Waals surface area (Å²) in [6, 6.07) is 21.6. The first-order valence-corrected chi connectivity index (χ1v) is 9.79. The van der Waals surface area contributed by atoms with Gasteiger partial charge in [0.2, 0.25) is 0 Å². The normalized spacial score (nSPS) is 10.7.